The van der Waals surface area contributed by atoms with Crippen molar-refractivity contribution in [2.24, 2.45) is 0 Å². The van der Waals surface area contributed by atoms with Crippen molar-refractivity contribution in [2.45, 2.75) is 6.92 Å². The van der Waals surface area contributed by atoms with Crippen molar-refractivity contribution in [3.05, 3.63) is 30.4 Å². The van der Waals surface area contributed by atoms with Gasteiger partial charge >= 0.3 is 5.97 Å². The van der Waals surface area contributed by atoms with E-state index in [1.54, 1.807) is 30.8 Å². The predicted molar refractivity (Wildman–Crippen MR) is 57.7 cm³/mol. The van der Waals surface area contributed by atoms with Crippen molar-refractivity contribution in [3.63, 3.8) is 0 Å². The van der Waals surface area contributed by atoms with E-state index < -0.39 is 5.97 Å². The van der Waals surface area contributed by atoms with Crippen LogP contribution in [-0.4, -0.2) is 29.1 Å². The van der Waals surface area contributed by atoms with Gasteiger partial charge in [-0.2, -0.15) is 0 Å². The molecule has 0 saturated carbocycles. The van der Waals surface area contributed by atoms with E-state index in [2.05, 4.69) is 4.98 Å². The molecule has 0 saturated heterocycles. The summed E-state index contributed by atoms with van der Waals surface area (Å²) in [7, 11) is 1.57. The maximum absolute atomic E-state index is 11.6. The number of rotatable bonds is 3. The number of pyridine rings is 1. The number of fused-ring (bicyclic) bond motifs is 1. The first-order valence-electron chi connectivity index (χ1n) is 4.94. The van der Waals surface area contributed by atoms with E-state index in [1.165, 1.54) is 0 Å². The van der Waals surface area contributed by atoms with Crippen LogP contribution in [0, 0.1) is 0 Å². The number of esters is 1. The highest BCUT2D eigenvalue weighted by atomic mass is 16.5. The Labute approximate surface area is 92.6 Å². The zero-order valence-corrected chi connectivity index (χ0v) is 9.14. The van der Waals surface area contributed by atoms with E-state index >= 15 is 0 Å². The van der Waals surface area contributed by atoms with Crippen LogP contribution in [0.4, 0.5) is 0 Å². The monoisotopic (exact) mass is 220 g/mol. The Morgan fingerprint density at radius 2 is 2.31 bits per heavy atom. The molecule has 2 aromatic heterocycles. The molecule has 0 bridgehead atoms. The highest BCUT2D eigenvalue weighted by molar-refractivity contribution is 5.86. The van der Waals surface area contributed by atoms with Crippen molar-refractivity contribution >= 4 is 11.5 Å². The van der Waals surface area contributed by atoms with Crippen LogP contribution in [0.1, 0.15) is 17.5 Å². The molecule has 2 rings (SSSR count). The van der Waals surface area contributed by atoms with Gasteiger partial charge in [0.1, 0.15) is 5.75 Å². The van der Waals surface area contributed by atoms with Crippen LogP contribution in [0.5, 0.6) is 5.75 Å². The first-order chi connectivity index (χ1) is 7.76. The van der Waals surface area contributed by atoms with Gasteiger partial charge in [-0.15, -0.1) is 0 Å². The zero-order chi connectivity index (χ0) is 11.5. The molecule has 2 aromatic rings. The zero-order valence-electron chi connectivity index (χ0n) is 9.14. The average Bonchev–Trinajstić information content (AvgIpc) is 2.71. The fraction of sp³-hybridized carbons (Fsp3) is 0.273. The number of carbonyl (C=O) groups excluding carboxylic acids is 1. The van der Waals surface area contributed by atoms with Crippen LogP contribution in [0.2, 0.25) is 0 Å². The summed E-state index contributed by atoms with van der Waals surface area (Å²) in [6.07, 6.45) is 3.32. The van der Waals surface area contributed by atoms with Gasteiger partial charge in [0.2, 0.25) is 5.82 Å². The Morgan fingerprint density at radius 3 is 3.00 bits per heavy atom. The molecule has 84 valence electrons. The molecule has 0 atom stereocenters. The lowest BCUT2D eigenvalue weighted by molar-refractivity contribution is 0.0511. The topological polar surface area (TPSA) is 52.8 Å². The van der Waals surface area contributed by atoms with Gasteiger partial charge in [-0.05, 0) is 19.1 Å². The van der Waals surface area contributed by atoms with Gasteiger partial charge in [-0.3, -0.25) is 4.40 Å². The molecular weight excluding hydrogens is 208 g/mol. The van der Waals surface area contributed by atoms with Gasteiger partial charge in [-0.1, -0.05) is 0 Å². The van der Waals surface area contributed by atoms with Crippen molar-refractivity contribution < 1.29 is 14.3 Å². The summed E-state index contributed by atoms with van der Waals surface area (Å²) in [4.78, 5) is 15.6. The summed E-state index contributed by atoms with van der Waals surface area (Å²) in [6, 6.07) is 3.64. The third kappa shape index (κ3) is 1.71. The van der Waals surface area contributed by atoms with E-state index in [0.29, 0.717) is 12.4 Å². The summed E-state index contributed by atoms with van der Waals surface area (Å²) >= 11 is 0. The van der Waals surface area contributed by atoms with Gasteiger partial charge < -0.3 is 9.47 Å². The molecule has 0 aromatic carbocycles. The molecule has 0 N–H and O–H groups in total. The third-order valence-electron chi connectivity index (χ3n) is 2.19. The molecule has 0 amide bonds. The van der Waals surface area contributed by atoms with Crippen LogP contribution < -0.4 is 4.74 Å². The second kappa shape index (κ2) is 4.22. The van der Waals surface area contributed by atoms with Crippen molar-refractivity contribution in [2.75, 3.05) is 13.7 Å². The molecule has 0 aliphatic heterocycles. The lowest BCUT2D eigenvalue weighted by Crippen LogP contribution is -2.09. The molecule has 16 heavy (non-hydrogen) atoms. The van der Waals surface area contributed by atoms with E-state index in [4.69, 9.17) is 9.47 Å². The van der Waals surface area contributed by atoms with Crippen molar-refractivity contribution in [1.29, 1.82) is 0 Å². The SMILES string of the molecule is CCOC(=O)c1ncc2ccc(OC)cn12. The Balaban J connectivity index is 2.49. The summed E-state index contributed by atoms with van der Waals surface area (Å²) < 4.78 is 11.6. The maximum atomic E-state index is 11.6. The molecule has 0 fully saturated rings. The van der Waals surface area contributed by atoms with Gasteiger partial charge in [0.25, 0.3) is 0 Å². The average molecular weight is 220 g/mol. The van der Waals surface area contributed by atoms with Crippen LogP contribution in [0.25, 0.3) is 5.52 Å². The molecule has 0 radical (unpaired) electrons. The molecule has 5 nitrogen and oxygen atoms in total. The van der Waals surface area contributed by atoms with Gasteiger partial charge in [-0.25, -0.2) is 9.78 Å². The minimum atomic E-state index is -0.434. The molecule has 5 heteroatoms. The number of ether oxygens (including phenoxy) is 2. The van der Waals surface area contributed by atoms with Crippen molar-refractivity contribution in [3.8, 4) is 5.75 Å². The first-order valence-corrected chi connectivity index (χ1v) is 4.94. The Kier molecular flexibility index (Phi) is 2.76. The highest BCUT2D eigenvalue weighted by Crippen LogP contribution is 2.15. The lowest BCUT2D eigenvalue weighted by atomic mass is 10.4. The largest absolute Gasteiger partial charge is 0.495 e. The molecule has 0 aliphatic carbocycles. The van der Waals surface area contributed by atoms with Gasteiger partial charge in [0.05, 0.1) is 31.6 Å². The number of carbonyl (C=O) groups is 1. The summed E-state index contributed by atoms with van der Waals surface area (Å²) in [5.74, 6) is 0.488. The second-order valence-electron chi connectivity index (χ2n) is 3.17. The minimum Gasteiger partial charge on any atom is -0.495 e. The second-order valence-corrected chi connectivity index (χ2v) is 3.17. The van der Waals surface area contributed by atoms with E-state index in [1.807, 2.05) is 12.1 Å². The van der Waals surface area contributed by atoms with E-state index in [-0.39, 0.29) is 5.82 Å². The van der Waals surface area contributed by atoms with Gasteiger partial charge in [0.15, 0.2) is 0 Å². The van der Waals surface area contributed by atoms with Crippen LogP contribution in [-0.2, 0) is 4.74 Å². The Bertz CT molecular complexity index is 519. The Hall–Kier alpha value is -2.04. The number of hydrogen-bond acceptors (Lipinski definition) is 4. The summed E-state index contributed by atoms with van der Waals surface area (Å²) in [5.41, 5.74) is 0.823. The number of nitrogens with zero attached hydrogens (tertiary/aromatic N) is 2. The van der Waals surface area contributed by atoms with Crippen LogP contribution in [0.15, 0.2) is 24.5 Å². The predicted octanol–water partition coefficient (Wildman–Crippen LogP) is 1.52. The number of hydrogen-bond donors (Lipinski definition) is 0. The molecule has 2 heterocycles. The van der Waals surface area contributed by atoms with E-state index in [0.717, 1.165) is 5.52 Å². The van der Waals surface area contributed by atoms with E-state index in [9.17, 15) is 4.79 Å². The third-order valence-corrected chi connectivity index (χ3v) is 2.19. The number of aromatic nitrogens is 2. The fourth-order valence-electron chi connectivity index (χ4n) is 1.44. The fourth-order valence-corrected chi connectivity index (χ4v) is 1.44. The maximum Gasteiger partial charge on any atom is 0.374 e. The number of imidazole rings is 1. The summed E-state index contributed by atoms with van der Waals surface area (Å²) in [5, 5.41) is 0. The quantitative estimate of drug-likeness (QED) is 0.736. The normalized spacial score (nSPS) is 10.4. The van der Waals surface area contributed by atoms with Crippen LogP contribution in [0.3, 0.4) is 0 Å². The molecule has 0 aliphatic rings. The molecular formula is C11H12N2O3. The smallest absolute Gasteiger partial charge is 0.374 e. The first kappa shape index (κ1) is 10.5. The standard InChI is InChI=1S/C11H12N2O3/c1-3-16-11(14)10-12-6-8-4-5-9(15-2)7-13(8)10/h4-7H,3H2,1-2H3. The van der Waals surface area contributed by atoms with Crippen molar-refractivity contribution in [1.82, 2.24) is 9.38 Å². The molecule has 0 unspecified atom stereocenters. The minimum absolute atomic E-state index is 0.260. The van der Waals surface area contributed by atoms with Crippen LogP contribution >= 0.6 is 0 Å². The van der Waals surface area contributed by atoms with Gasteiger partial charge in [0, 0.05) is 0 Å². The number of methoxy groups -OCH3 is 1. The molecule has 0 spiro atoms. The highest BCUT2D eigenvalue weighted by Gasteiger charge is 2.13. The Morgan fingerprint density at radius 1 is 1.50 bits per heavy atom. The lowest BCUT2D eigenvalue weighted by Gasteiger charge is -2.03. The summed E-state index contributed by atoms with van der Waals surface area (Å²) in [6.45, 7) is 2.09.